The van der Waals surface area contributed by atoms with E-state index in [-0.39, 0.29) is 11.7 Å². The highest BCUT2D eigenvalue weighted by molar-refractivity contribution is 7.80. The van der Waals surface area contributed by atoms with Crippen molar-refractivity contribution in [3.8, 4) is 0 Å². The van der Waals surface area contributed by atoms with Crippen LogP contribution < -0.4 is 22.9 Å². The van der Waals surface area contributed by atoms with Crippen molar-refractivity contribution in [1.29, 1.82) is 0 Å². The summed E-state index contributed by atoms with van der Waals surface area (Å²) in [6.07, 6.45) is 0.813. The van der Waals surface area contributed by atoms with Crippen LogP contribution in [0.3, 0.4) is 0 Å². The van der Waals surface area contributed by atoms with E-state index in [4.69, 9.17) is 48.5 Å². The van der Waals surface area contributed by atoms with E-state index in [1.54, 1.807) is 0 Å². The molecule has 13 nitrogen and oxygen atoms in total. The molecule has 0 aromatic rings. The maximum atomic E-state index is 10.2. The largest absolute Gasteiger partial charge is 0.480 e. The molecule has 0 saturated carbocycles. The van der Waals surface area contributed by atoms with E-state index < -0.39 is 54.7 Å². The number of hydrogen-bond donors (Lipinski definition) is 10. The zero-order chi connectivity index (χ0) is 24.3. The zero-order valence-corrected chi connectivity index (χ0v) is 17.5. The van der Waals surface area contributed by atoms with Crippen LogP contribution in [0.15, 0.2) is 0 Å². The number of nitrogens with two attached hydrogens (primary N) is 4. The predicted molar refractivity (Wildman–Crippen MR) is 109 cm³/mol. The lowest BCUT2D eigenvalue weighted by molar-refractivity contribution is -0.140. The number of carboxylic acid groups (broad SMARTS) is 4. The quantitative estimate of drug-likeness (QED) is 0.174. The molecule has 0 bridgehead atoms. The topological polar surface area (TPSA) is 274 Å². The maximum absolute atomic E-state index is 10.2. The molecule has 174 valence electrons. The average Bonchev–Trinajstić information content (AvgIpc) is 2.66. The van der Waals surface area contributed by atoms with E-state index in [0.29, 0.717) is 0 Å². The molecule has 5 atom stereocenters. The average molecular weight is 447 g/mol. The van der Waals surface area contributed by atoms with Crippen LogP contribution in [0.5, 0.6) is 0 Å². The highest BCUT2D eigenvalue weighted by Crippen LogP contribution is 2.04. The van der Waals surface area contributed by atoms with Gasteiger partial charge in [0.2, 0.25) is 0 Å². The highest BCUT2D eigenvalue weighted by atomic mass is 32.1. The monoisotopic (exact) mass is 446 g/mol. The van der Waals surface area contributed by atoms with Crippen LogP contribution >= 0.6 is 12.6 Å². The molecule has 0 aliphatic heterocycles. The van der Waals surface area contributed by atoms with E-state index in [9.17, 15) is 19.2 Å². The second-order valence-electron chi connectivity index (χ2n) is 5.63. The van der Waals surface area contributed by atoms with Gasteiger partial charge < -0.3 is 48.5 Å². The van der Waals surface area contributed by atoms with Crippen molar-refractivity contribution in [1.82, 2.24) is 0 Å². The van der Waals surface area contributed by atoms with Gasteiger partial charge in [-0.05, 0) is 12.8 Å². The number of rotatable bonds is 8. The van der Waals surface area contributed by atoms with Crippen LogP contribution in [0.4, 0.5) is 0 Å². The summed E-state index contributed by atoms with van der Waals surface area (Å²) in [5.41, 5.74) is 19.8. The van der Waals surface area contributed by atoms with Gasteiger partial charge in [-0.3, -0.25) is 19.2 Å². The van der Waals surface area contributed by atoms with Crippen LogP contribution in [0, 0.1) is 5.92 Å². The molecular formula is C15H34N4O9S. The minimum absolute atomic E-state index is 0.0718. The van der Waals surface area contributed by atoms with Crippen LogP contribution in [0.2, 0.25) is 0 Å². The number of aliphatic carboxylic acids is 4. The van der Waals surface area contributed by atoms with Crippen LogP contribution in [0.1, 0.15) is 27.2 Å². The Hall–Kier alpha value is -1.97. The third-order valence-corrected chi connectivity index (χ3v) is 3.35. The van der Waals surface area contributed by atoms with Crippen molar-refractivity contribution in [2.75, 3.05) is 12.4 Å². The van der Waals surface area contributed by atoms with Crippen LogP contribution in [-0.4, -0.2) is 85.9 Å². The molecule has 0 saturated heterocycles. The fraction of sp³-hybridized carbons (Fsp3) is 0.733. The zero-order valence-electron chi connectivity index (χ0n) is 16.6. The van der Waals surface area contributed by atoms with Crippen molar-refractivity contribution in [3.63, 3.8) is 0 Å². The Morgan fingerprint density at radius 2 is 1.14 bits per heavy atom. The first-order valence-corrected chi connectivity index (χ1v) is 8.88. The van der Waals surface area contributed by atoms with E-state index in [2.05, 4.69) is 12.6 Å². The van der Waals surface area contributed by atoms with Crippen molar-refractivity contribution >= 4 is 36.5 Å². The van der Waals surface area contributed by atoms with Gasteiger partial charge in [0, 0.05) is 5.75 Å². The van der Waals surface area contributed by atoms with Crippen LogP contribution in [0.25, 0.3) is 0 Å². The number of carbonyl (C=O) groups is 4. The Bertz CT molecular complexity index is 461. The molecule has 14 heteroatoms. The molecule has 0 spiro atoms. The maximum Gasteiger partial charge on any atom is 0.322 e. The van der Waals surface area contributed by atoms with E-state index in [1.165, 1.54) is 6.92 Å². The standard InChI is InChI=1S/C6H13NO2.C3H7NO3.C3H7NO2S.C3H7NO2/c1-3-4(2)5(7)6(8)9;4-2(1-5)3(6)7;4-2(1-7)3(5)6;1-2(4)3(5)6/h4-5H,3,7H2,1-2H3,(H,8,9);2,5H,1,4H2,(H,6,7);2,7H,1,4H2,(H,5,6);2H,4H2,1H3,(H,5,6). The third-order valence-electron chi connectivity index (χ3n) is 2.96. The van der Waals surface area contributed by atoms with Gasteiger partial charge in [0.05, 0.1) is 6.61 Å². The lowest BCUT2D eigenvalue weighted by Crippen LogP contribution is -2.36. The molecule has 0 fully saturated rings. The molecule has 13 N–H and O–H groups in total. The number of carboxylic acids is 4. The van der Waals surface area contributed by atoms with Crippen molar-refractivity contribution in [2.24, 2.45) is 28.9 Å². The Balaban J connectivity index is -0.000000145. The lowest BCUT2D eigenvalue weighted by Gasteiger charge is -2.11. The minimum atomic E-state index is -1.18. The molecule has 29 heavy (non-hydrogen) atoms. The van der Waals surface area contributed by atoms with Crippen molar-refractivity contribution < 1.29 is 44.7 Å². The summed E-state index contributed by atoms with van der Waals surface area (Å²) in [4.78, 5) is 39.2. The number of aliphatic hydroxyl groups excluding tert-OH is 1. The van der Waals surface area contributed by atoms with Gasteiger partial charge in [0.25, 0.3) is 0 Å². The van der Waals surface area contributed by atoms with Gasteiger partial charge in [0.1, 0.15) is 24.2 Å². The Morgan fingerprint density at radius 3 is 1.17 bits per heavy atom. The van der Waals surface area contributed by atoms with Crippen molar-refractivity contribution in [3.05, 3.63) is 0 Å². The fourth-order valence-electron chi connectivity index (χ4n) is 0.654. The van der Waals surface area contributed by atoms with Gasteiger partial charge in [-0.25, -0.2) is 0 Å². The molecule has 0 aliphatic rings. The molecule has 0 aromatic heterocycles. The smallest absolute Gasteiger partial charge is 0.322 e. The van der Waals surface area contributed by atoms with E-state index >= 15 is 0 Å². The summed E-state index contributed by atoms with van der Waals surface area (Å²) in [5, 5.41) is 40.1. The Kier molecular flexibility index (Phi) is 24.7. The predicted octanol–water partition coefficient (Wildman–Crippen LogP) is -2.42. The lowest BCUT2D eigenvalue weighted by atomic mass is 10.0. The summed E-state index contributed by atoms with van der Waals surface area (Å²) in [6, 6.07) is -3.37. The molecule has 0 amide bonds. The number of hydrogen-bond acceptors (Lipinski definition) is 10. The first-order valence-electron chi connectivity index (χ1n) is 8.25. The van der Waals surface area contributed by atoms with Gasteiger partial charge in [0.15, 0.2) is 0 Å². The first kappa shape index (κ1) is 34.5. The van der Waals surface area contributed by atoms with Crippen LogP contribution in [-0.2, 0) is 19.2 Å². The van der Waals surface area contributed by atoms with E-state index in [1.807, 2.05) is 13.8 Å². The Labute approximate surface area is 174 Å². The molecule has 0 aromatic carbocycles. The molecule has 0 radical (unpaired) electrons. The highest BCUT2D eigenvalue weighted by Gasteiger charge is 2.17. The molecular weight excluding hydrogens is 412 g/mol. The fourth-order valence-corrected chi connectivity index (χ4v) is 0.810. The van der Waals surface area contributed by atoms with Gasteiger partial charge >= 0.3 is 23.9 Å². The summed E-state index contributed by atoms with van der Waals surface area (Å²) in [5.74, 6) is -3.80. The third kappa shape index (κ3) is 26.0. The van der Waals surface area contributed by atoms with Gasteiger partial charge in [-0.15, -0.1) is 0 Å². The second kappa shape index (κ2) is 20.8. The minimum Gasteiger partial charge on any atom is -0.480 e. The number of thiol groups is 1. The summed E-state index contributed by atoms with van der Waals surface area (Å²) < 4.78 is 0. The first-order chi connectivity index (χ1) is 13.1. The van der Waals surface area contributed by atoms with Crippen molar-refractivity contribution in [2.45, 2.75) is 51.4 Å². The second-order valence-corrected chi connectivity index (χ2v) is 6.00. The molecule has 0 rings (SSSR count). The molecule has 5 unspecified atom stereocenters. The summed E-state index contributed by atoms with van der Waals surface area (Å²) in [6.45, 7) is 4.67. The molecule has 0 heterocycles. The normalized spacial score (nSPS) is 14.5. The summed E-state index contributed by atoms with van der Waals surface area (Å²) >= 11 is 3.65. The Morgan fingerprint density at radius 1 is 0.793 bits per heavy atom. The SMILES string of the molecule is CC(N)C(=O)O.CCC(C)C(N)C(=O)O.NC(CO)C(=O)O.NC(CS)C(=O)O. The molecule has 0 aliphatic carbocycles. The van der Waals surface area contributed by atoms with Gasteiger partial charge in [-0.2, -0.15) is 12.6 Å². The van der Waals surface area contributed by atoms with Gasteiger partial charge in [-0.1, -0.05) is 20.3 Å². The number of aliphatic hydroxyl groups is 1. The summed E-state index contributed by atoms with van der Waals surface area (Å²) in [7, 11) is 0. The van der Waals surface area contributed by atoms with E-state index in [0.717, 1.165) is 6.42 Å².